The summed E-state index contributed by atoms with van der Waals surface area (Å²) < 4.78 is 5.67. The number of hydrogen-bond acceptors (Lipinski definition) is 5. The third-order valence-corrected chi connectivity index (χ3v) is 5.75. The normalized spacial score (nSPS) is 10.5. The first-order valence-electron chi connectivity index (χ1n) is 9.09. The smallest absolute Gasteiger partial charge is 0.263 e. The fraction of sp³-hybridized carbons (Fsp3) is 0.190. The van der Waals surface area contributed by atoms with Crippen molar-refractivity contribution in [2.45, 2.75) is 13.5 Å². The molecule has 0 unspecified atom stereocenters. The van der Waals surface area contributed by atoms with Crippen molar-refractivity contribution in [2.75, 3.05) is 13.1 Å². The molecule has 0 aliphatic heterocycles. The number of nitrogens with zero attached hydrogens (tertiary/aromatic N) is 1. The summed E-state index contributed by atoms with van der Waals surface area (Å²) in [4.78, 5) is 29.4. The average molecular weight is 464 g/mol. The van der Waals surface area contributed by atoms with Gasteiger partial charge in [0.2, 0.25) is 0 Å². The Kier molecular flexibility index (Phi) is 7.68. The number of aryl methyl sites for hydroxylation is 1. The molecule has 0 saturated carbocycles. The molecule has 0 aliphatic rings. The monoisotopic (exact) mass is 463 g/mol. The molecule has 0 fully saturated rings. The number of aromatic nitrogens is 1. The third kappa shape index (κ3) is 5.95. The van der Waals surface area contributed by atoms with Gasteiger partial charge in [0.25, 0.3) is 11.8 Å². The Hall–Kier alpha value is -2.61. The lowest BCUT2D eigenvalue weighted by Gasteiger charge is -2.07. The number of carbonyl (C=O) groups excluding carboxylic acids is 2. The van der Waals surface area contributed by atoms with Crippen molar-refractivity contribution in [3.8, 4) is 5.75 Å². The standard InChI is InChI=1S/C21H19Cl2N3O3S/c1-13-19(30-18(26-13)12-29-15-8-6-14(22)7-9-15)21(28)25-11-10-24-20(27)16-4-2-3-5-17(16)23/h2-9H,10-12H2,1H3,(H,24,27)(H,25,28). The number of amides is 2. The van der Waals surface area contributed by atoms with E-state index in [0.29, 0.717) is 36.9 Å². The van der Waals surface area contributed by atoms with Gasteiger partial charge in [-0.25, -0.2) is 4.98 Å². The first kappa shape index (κ1) is 22.1. The predicted molar refractivity (Wildman–Crippen MR) is 119 cm³/mol. The Balaban J connectivity index is 1.46. The van der Waals surface area contributed by atoms with E-state index in [1.165, 1.54) is 11.3 Å². The summed E-state index contributed by atoms with van der Waals surface area (Å²) in [5.74, 6) is 0.146. The van der Waals surface area contributed by atoms with E-state index in [-0.39, 0.29) is 31.5 Å². The van der Waals surface area contributed by atoms with Crippen LogP contribution in [0.4, 0.5) is 0 Å². The predicted octanol–water partition coefficient (Wildman–Crippen LogP) is 4.50. The van der Waals surface area contributed by atoms with E-state index in [0.717, 1.165) is 0 Å². The molecular formula is C21H19Cl2N3O3S. The topological polar surface area (TPSA) is 80.3 Å². The van der Waals surface area contributed by atoms with Gasteiger partial charge < -0.3 is 15.4 Å². The molecule has 0 saturated heterocycles. The van der Waals surface area contributed by atoms with Crippen molar-refractivity contribution in [1.29, 1.82) is 0 Å². The van der Waals surface area contributed by atoms with E-state index in [9.17, 15) is 9.59 Å². The average Bonchev–Trinajstić information content (AvgIpc) is 3.11. The van der Waals surface area contributed by atoms with Crippen LogP contribution in [0.1, 0.15) is 30.7 Å². The van der Waals surface area contributed by atoms with Gasteiger partial charge in [0, 0.05) is 18.1 Å². The molecule has 0 radical (unpaired) electrons. The first-order valence-corrected chi connectivity index (χ1v) is 10.7. The Morgan fingerprint density at radius 1 is 1.00 bits per heavy atom. The highest BCUT2D eigenvalue weighted by atomic mass is 35.5. The fourth-order valence-corrected chi connectivity index (χ4v) is 3.82. The molecule has 0 atom stereocenters. The quantitative estimate of drug-likeness (QED) is 0.482. The van der Waals surface area contributed by atoms with Crippen molar-refractivity contribution in [2.24, 2.45) is 0 Å². The largest absolute Gasteiger partial charge is 0.486 e. The Labute approximate surface area is 188 Å². The number of nitrogens with one attached hydrogen (secondary N) is 2. The van der Waals surface area contributed by atoms with Crippen LogP contribution in [0, 0.1) is 6.92 Å². The second kappa shape index (κ2) is 10.4. The number of carbonyl (C=O) groups is 2. The van der Waals surface area contributed by atoms with Gasteiger partial charge in [-0.05, 0) is 43.3 Å². The van der Waals surface area contributed by atoms with Crippen LogP contribution >= 0.6 is 34.5 Å². The Morgan fingerprint density at radius 2 is 1.67 bits per heavy atom. The number of rotatable bonds is 8. The minimum absolute atomic E-state index is 0.241. The molecule has 0 bridgehead atoms. The molecule has 1 aromatic heterocycles. The van der Waals surface area contributed by atoms with E-state index < -0.39 is 0 Å². The van der Waals surface area contributed by atoms with Crippen LogP contribution in [0.2, 0.25) is 10.0 Å². The molecule has 30 heavy (non-hydrogen) atoms. The maximum absolute atomic E-state index is 12.4. The highest BCUT2D eigenvalue weighted by molar-refractivity contribution is 7.13. The SMILES string of the molecule is Cc1nc(COc2ccc(Cl)cc2)sc1C(=O)NCCNC(=O)c1ccccc1Cl. The van der Waals surface area contributed by atoms with Crippen LogP contribution in [-0.2, 0) is 6.61 Å². The summed E-state index contributed by atoms with van der Waals surface area (Å²) in [5, 5.41) is 7.22. The van der Waals surface area contributed by atoms with Crippen molar-refractivity contribution < 1.29 is 14.3 Å². The van der Waals surface area contributed by atoms with Gasteiger partial charge in [0.15, 0.2) is 0 Å². The minimum atomic E-state index is -0.287. The van der Waals surface area contributed by atoms with E-state index in [1.54, 1.807) is 55.5 Å². The molecule has 1 heterocycles. The molecule has 2 amide bonds. The van der Waals surface area contributed by atoms with E-state index in [4.69, 9.17) is 27.9 Å². The summed E-state index contributed by atoms with van der Waals surface area (Å²) in [7, 11) is 0. The third-order valence-electron chi connectivity index (χ3n) is 4.04. The van der Waals surface area contributed by atoms with Gasteiger partial charge in [-0.3, -0.25) is 9.59 Å². The Morgan fingerprint density at radius 3 is 2.37 bits per heavy atom. The maximum atomic E-state index is 12.4. The van der Waals surface area contributed by atoms with Gasteiger partial charge in [-0.2, -0.15) is 0 Å². The first-order chi connectivity index (χ1) is 14.4. The lowest BCUT2D eigenvalue weighted by molar-refractivity contribution is 0.0929. The Bertz CT molecular complexity index is 1040. The van der Waals surface area contributed by atoms with Crippen LogP contribution < -0.4 is 15.4 Å². The molecule has 156 valence electrons. The number of thiazole rings is 1. The zero-order valence-electron chi connectivity index (χ0n) is 16.1. The van der Waals surface area contributed by atoms with Gasteiger partial charge in [-0.15, -0.1) is 11.3 Å². The van der Waals surface area contributed by atoms with Crippen LogP contribution in [0.5, 0.6) is 5.75 Å². The van der Waals surface area contributed by atoms with E-state index in [2.05, 4.69) is 15.6 Å². The van der Waals surface area contributed by atoms with Crippen LogP contribution in [-0.4, -0.2) is 29.9 Å². The maximum Gasteiger partial charge on any atom is 0.263 e. The second-order valence-electron chi connectivity index (χ2n) is 6.26. The molecule has 2 aromatic carbocycles. The molecule has 2 N–H and O–H groups in total. The summed E-state index contributed by atoms with van der Waals surface area (Å²) in [5.41, 5.74) is 1.03. The molecule has 6 nitrogen and oxygen atoms in total. The molecular weight excluding hydrogens is 445 g/mol. The van der Waals surface area contributed by atoms with Crippen molar-refractivity contribution in [3.63, 3.8) is 0 Å². The van der Waals surface area contributed by atoms with Crippen molar-refractivity contribution in [1.82, 2.24) is 15.6 Å². The summed E-state index contributed by atoms with van der Waals surface area (Å²) in [6.07, 6.45) is 0. The minimum Gasteiger partial charge on any atom is -0.486 e. The van der Waals surface area contributed by atoms with Crippen molar-refractivity contribution in [3.05, 3.63) is 79.7 Å². The lowest BCUT2D eigenvalue weighted by atomic mass is 10.2. The number of benzene rings is 2. The molecule has 3 aromatic rings. The molecule has 0 spiro atoms. The van der Waals surface area contributed by atoms with Crippen LogP contribution in [0.25, 0.3) is 0 Å². The molecule has 0 aliphatic carbocycles. The zero-order chi connectivity index (χ0) is 21.5. The number of ether oxygens (including phenoxy) is 1. The second-order valence-corrected chi connectivity index (χ2v) is 8.18. The van der Waals surface area contributed by atoms with E-state index >= 15 is 0 Å². The molecule has 3 rings (SSSR count). The van der Waals surface area contributed by atoms with Crippen molar-refractivity contribution >= 4 is 46.4 Å². The molecule has 9 heteroatoms. The zero-order valence-corrected chi connectivity index (χ0v) is 18.4. The van der Waals surface area contributed by atoms with Gasteiger partial charge in [0.1, 0.15) is 22.2 Å². The van der Waals surface area contributed by atoms with Gasteiger partial charge in [-0.1, -0.05) is 35.3 Å². The fourth-order valence-electron chi connectivity index (χ4n) is 2.57. The van der Waals surface area contributed by atoms with Gasteiger partial charge in [0.05, 0.1) is 16.3 Å². The highest BCUT2D eigenvalue weighted by Gasteiger charge is 2.16. The van der Waals surface area contributed by atoms with Crippen LogP contribution in [0.15, 0.2) is 48.5 Å². The summed E-state index contributed by atoms with van der Waals surface area (Å²) in [6.45, 7) is 2.59. The number of hydrogen-bond donors (Lipinski definition) is 2. The summed E-state index contributed by atoms with van der Waals surface area (Å²) in [6, 6.07) is 13.8. The summed E-state index contributed by atoms with van der Waals surface area (Å²) >= 11 is 13.1. The number of halogens is 2. The highest BCUT2D eigenvalue weighted by Crippen LogP contribution is 2.21. The van der Waals surface area contributed by atoms with Gasteiger partial charge >= 0.3 is 0 Å². The lowest BCUT2D eigenvalue weighted by Crippen LogP contribution is -2.34. The van der Waals surface area contributed by atoms with E-state index in [1.807, 2.05) is 0 Å². The van der Waals surface area contributed by atoms with Crippen LogP contribution in [0.3, 0.4) is 0 Å².